The van der Waals surface area contributed by atoms with Gasteiger partial charge in [-0.1, -0.05) is 6.58 Å². The Labute approximate surface area is 207 Å². The van der Waals surface area contributed by atoms with Crippen LogP contribution < -0.4 is 26.2 Å². The van der Waals surface area contributed by atoms with Gasteiger partial charge in [0.05, 0.1) is 17.1 Å². The Kier molecular flexibility index (Phi) is 6.17. The van der Waals surface area contributed by atoms with Gasteiger partial charge in [0, 0.05) is 47.0 Å². The van der Waals surface area contributed by atoms with E-state index in [1.54, 1.807) is 12.1 Å². The van der Waals surface area contributed by atoms with E-state index in [4.69, 9.17) is 0 Å². The van der Waals surface area contributed by atoms with Gasteiger partial charge in [-0.2, -0.15) is 0 Å². The molecule has 8 nitrogen and oxygen atoms in total. The molecule has 1 fully saturated rings. The SMILES string of the molecule is C=CC(=O)Nc1cc(NC(=O)c2ccc3sc4c(c3c2)NCC(C)NC4=O)ccc1N1CCCC1. The normalized spacial score (nSPS) is 17.2. The molecule has 0 aliphatic carbocycles. The van der Waals surface area contributed by atoms with Crippen LogP contribution in [0.2, 0.25) is 0 Å². The van der Waals surface area contributed by atoms with Crippen LogP contribution in [0.15, 0.2) is 49.1 Å². The van der Waals surface area contributed by atoms with Gasteiger partial charge in [0.15, 0.2) is 0 Å². The van der Waals surface area contributed by atoms with Gasteiger partial charge < -0.3 is 26.2 Å². The van der Waals surface area contributed by atoms with E-state index in [1.807, 2.05) is 31.2 Å². The standard InChI is InChI=1S/C26H27N5O3S/c1-3-22(32)30-19-13-17(7-8-20(19)31-10-4-5-11-31)29-25(33)16-6-9-21-18(12-16)23-24(35-21)26(34)28-15(2)14-27-23/h3,6-9,12-13,15,27H,1,4-5,10-11,14H2,2H3,(H,28,34)(H,29,33)(H,30,32). The second-order valence-corrected chi connectivity index (χ2v) is 9.90. The molecule has 0 spiro atoms. The molecular weight excluding hydrogens is 462 g/mol. The molecule has 1 unspecified atom stereocenters. The number of thiophene rings is 1. The first-order valence-electron chi connectivity index (χ1n) is 11.7. The number of hydrogen-bond donors (Lipinski definition) is 4. The molecule has 0 radical (unpaired) electrons. The molecule has 0 saturated carbocycles. The smallest absolute Gasteiger partial charge is 0.263 e. The zero-order valence-corrected chi connectivity index (χ0v) is 20.3. The molecule has 4 N–H and O–H groups in total. The van der Waals surface area contributed by atoms with Crippen molar-refractivity contribution in [3.63, 3.8) is 0 Å². The third-order valence-electron chi connectivity index (χ3n) is 6.26. The van der Waals surface area contributed by atoms with Crippen LogP contribution in [0.4, 0.5) is 22.7 Å². The Balaban J connectivity index is 1.42. The number of carbonyl (C=O) groups is 3. The number of amides is 3. The maximum absolute atomic E-state index is 13.1. The molecule has 35 heavy (non-hydrogen) atoms. The average Bonchev–Trinajstić information content (AvgIpc) is 3.47. The van der Waals surface area contributed by atoms with Crippen LogP contribution in [0.3, 0.4) is 0 Å². The Morgan fingerprint density at radius 2 is 1.94 bits per heavy atom. The highest BCUT2D eigenvalue weighted by Gasteiger charge is 2.24. The molecule has 1 atom stereocenters. The fraction of sp³-hybridized carbons (Fsp3) is 0.269. The first-order valence-corrected chi connectivity index (χ1v) is 12.5. The maximum Gasteiger partial charge on any atom is 0.263 e. The molecule has 180 valence electrons. The number of carbonyl (C=O) groups excluding carboxylic acids is 3. The van der Waals surface area contributed by atoms with Crippen LogP contribution in [0, 0.1) is 0 Å². The van der Waals surface area contributed by atoms with Crippen molar-refractivity contribution in [3.8, 4) is 0 Å². The summed E-state index contributed by atoms with van der Waals surface area (Å²) in [7, 11) is 0. The summed E-state index contributed by atoms with van der Waals surface area (Å²) in [5.74, 6) is -0.673. The zero-order valence-electron chi connectivity index (χ0n) is 19.4. The van der Waals surface area contributed by atoms with Crippen molar-refractivity contribution >= 4 is 61.9 Å². The van der Waals surface area contributed by atoms with Crippen LogP contribution in [-0.2, 0) is 4.79 Å². The minimum Gasteiger partial charge on any atom is -0.381 e. The maximum atomic E-state index is 13.1. The van der Waals surface area contributed by atoms with Gasteiger partial charge in [-0.05, 0) is 62.2 Å². The minimum absolute atomic E-state index is 0.0166. The minimum atomic E-state index is -0.302. The number of rotatable bonds is 5. The van der Waals surface area contributed by atoms with E-state index in [9.17, 15) is 14.4 Å². The second-order valence-electron chi connectivity index (χ2n) is 8.85. The quantitative estimate of drug-likeness (QED) is 0.397. The van der Waals surface area contributed by atoms with Crippen LogP contribution in [0.5, 0.6) is 0 Å². The summed E-state index contributed by atoms with van der Waals surface area (Å²) in [6, 6.07) is 11.0. The van der Waals surface area contributed by atoms with Crippen LogP contribution >= 0.6 is 11.3 Å². The fourth-order valence-electron chi connectivity index (χ4n) is 4.50. The summed E-state index contributed by atoms with van der Waals surface area (Å²) in [5.41, 5.74) is 3.39. The van der Waals surface area contributed by atoms with Gasteiger partial charge in [-0.15, -0.1) is 11.3 Å². The molecular formula is C26H27N5O3S. The summed E-state index contributed by atoms with van der Waals surface area (Å²) < 4.78 is 0.938. The lowest BCUT2D eigenvalue weighted by molar-refractivity contribution is -0.111. The van der Waals surface area contributed by atoms with Crippen molar-refractivity contribution in [2.45, 2.75) is 25.8 Å². The molecule has 2 aliphatic rings. The summed E-state index contributed by atoms with van der Waals surface area (Å²) >= 11 is 1.41. The van der Waals surface area contributed by atoms with Crippen molar-refractivity contribution in [2.24, 2.45) is 0 Å². The summed E-state index contributed by atoms with van der Waals surface area (Å²) in [4.78, 5) is 40.6. The van der Waals surface area contributed by atoms with Gasteiger partial charge in [-0.3, -0.25) is 14.4 Å². The average molecular weight is 490 g/mol. The number of nitrogens with one attached hydrogen (secondary N) is 4. The van der Waals surface area contributed by atoms with Crippen molar-refractivity contribution in [3.05, 3.63) is 59.5 Å². The predicted molar refractivity (Wildman–Crippen MR) is 142 cm³/mol. The summed E-state index contributed by atoms with van der Waals surface area (Å²) in [6.45, 7) is 7.96. The van der Waals surface area contributed by atoms with E-state index in [-0.39, 0.29) is 23.8 Å². The largest absolute Gasteiger partial charge is 0.381 e. The Morgan fingerprint density at radius 3 is 2.71 bits per heavy atom. The number of fused-ring (bicyclic) bond motifs is 3. The van der Waals surface area contributed by atoms with Gasteiger partial charge >= 0.3 is 0 Å². The van der Waals surface area contributed by atoms with E-state index in [0.29, 0.717) is 28.4 Å². The van der Waals surface area contributed by atoms with Crippen molar-refractivity contribution in [2.75, 3.05) is 40.5 Å². The number of benzene rings is 2. The third kappa shape index (κ3) is 4.59. The molecule has 9 heteroatoms. The lowest BCUT2D eigenvalue weighted by atomic mass is 10.1. The van der Waals surface area contributed by atoms with E-state index < -0.39 is 0 Å². The molecule has 2 aromatic carbocycles. The molecule has 3 amide bonds. The van der Waals surface area contributed by atoms with E-state index >= 15 is 0 Å². The highest BCUT2D eigenvalue weighted by Crippen LogP contribution is 2.38. The molecule has 2 aliphatic heterocycles. The van der Waals surface area contributed by atoms with Gasteiger partial charge in [-0.25, -0.2) is 0 Å². The Morgan fingerprint density at radius 1 is 1.14 bits per heavy atom. The topological polar surface area (TPSA) is 103 Å². The van der Waals surface area contributed by atoms with Gasteiger partial charge in [0.2, 0.25) is 5.91 Å². The lowest BCUT2D eigenvalue weighted by Crippen LogP contribution is -2.34. The van der Waals surface area contributed by atoms with Crippen LogP contribution in [0.1, 0.15) is 39.8 Å². The van der Waals surface area contributed by atoms with E-state index in [2.05, 4.69) is 32.7 Å². The van der Waals surface area contributed by atoms with Crippen LogP contribution in [-0.4, -0.2) is 43.4 Å². The zero-order chi connectivity index (χ0) is 24.5. The summed E-state index contributed by atoms with van der Waals surface area (Å²) in [6.07, 6.45) is 3.45. The molecule has 3 aromatic rings. The molecule has 0 bridgehead atoms. The Bertz CT molecular complexity index is 1340. The molecule has 3 heterocycles. The highest BCUT2D eigenvalue weighted by atomic mass is 32.1. The first kappa shape index (κ1) is 22.9. The first-order chi connectivity index (χ1) is 16.9. The summed E-state index contributed by atoms with van der Waals surface area (Å²) in [5, 5.41) is 13.0. The molecule has 1 saturated heterocycles. The number of anilines is 4. The third-order valence-corrected chi connectivity index (χ3v) is 7.43. The van der Waals surface area contributed by atoms with Crippen LogP contribution in [0.25, 0.3) is 10.1 Å². The Hall–Kier alpha value is -3.85. The lowest BCUT2D eigenvalue weighted by Gasteiger charge is -2.22. The number of nitrogens with zero attached hydrogens (tertiary/aromatic N) is 1. The van der Waals surface area contributed by atoms with Crippen molar-refractivity contribution < 1.29 is 14.4 Å². The van der Waals surface area contributed by atoms with E-state index in [1.165, 1.54) is 17.4 Å². The monoisotopic (exact) mass is 489 g/mol. The highest BCUT2D eigenvalue weighted by molar-refractivity contribution is 7.21. The predicted octanol–water partition coefficient (Wildman–Crippen LogP) is 4.42. The van der Waals surface area contributed by atoms with Crippen molar-refractivity contribution in [1.29, 1.82) is 0 Å². The molecule has 5 rings (SSSR count). The second kappa shape index (κ2) is 9.42. The number of hydrogen-bond acceptors (Lipinski definition) is 6. The van der Waals surface area contributed by atoms with Gasteiger partial charge in [0.25, 0.3) is 11.8 Å². The molecule has 1 aromatic heterocycles. The van der Waals surface area contributed by atoms with E-state index in [0.717, 1.165) is 47.4 Å². The van der Waals surface area contributed by atoms with Crippen molar-refractivity contribution in [1.82, 2.24) is 5.32 Å². The fourth-order valence-corrected chi connectivity index (χ4v) is 5.57. The van der Waals surface area contributed by atoms with Gasteiger partial charge in [0.1, 0.15) is 4.88 Å².